The second-order valence-electron chi connectivity index (χ2n) is 7.44. The summed E-state index contributed by atoms with van der Waals surface area (Å²) in [7, 11) is 0. The molecule has 8 nitrogen and oxygen atoms in total. The summed E-state index contributed by atoms with van der Waals surface area (Å²) in [6, 6.07) is 28.0. The van der Waals surface area contributed by atoms with Crippen molar-refractivity contribution >= 4 is 23.3 Å². The van der Waals surface area contributed by atoms with Crippen LogP contribution in [0.2, 0.25) is 0 Å². The first-order valence-corrected chi connectivity index (χ1v) is 10.6. The number of nitrogens with zero attached hydrogens (tertiary/aromatic N) is 1. The number of carbonyl (C=O) groups excluding carboxylic acids is 2. The number of non-ortho nitro benzene ring substituents is 1. The molecule has 4 rings (SSSR count). The van der Waals surface area contributed by atoms with Crippen molar-refractivity contribution < 1.29 is 24.0 Å². The molecule has 1 amide bonds. The Morgan fingerprint density at radius 3 is 2.26 bits per heavy atom. The second kappa shape index (κ2) is 10.8. The normalized spacial score (nSPS) is 10.3. The summed E-state index contributed by atoms with van der Waals surface area (Å²) in [6.07, 6.45) is 0. The van der Waals surface area contributed by atoms with Gasteiger partial charge in [-0.25, -0.2) is 4.79 Å². The summed E-state index contributed by atoms with van der Waals surface area (Å²) in [5.74, 6) is 0.00773. The first-order valence-electron chi connectivity index (χ1n) is 10.6. The highest BCUT2D eigenvalue weighted by atomic mass is 16.6. The Morgan fingerprint density at radius 2 is 1.51 bits per heavy atom. The largest absolute Gasteiger partial charge is 0.457 e. The third kappa shape index (κ3) is 6.08. The van der Waals surface area contributed by atoms with Gasteiger partial charge in [-0.05, 0) is 54.1 Å². The van der Waals surface area contributed by atoms with Crippen molar-refractivity contribution in [2.45, 2.75) is 6.61 Å². The average Bonchev–Trinajstić information content (AvgIpc) is 2.88. The minimum absolute atomic E-state index is 0.0166. The molecule has 0 bridgehead atoms. The molecular weight excluding hydrogens is 448 g/mol. The third-order valence-electron chi connectivity index (χ3n) is 4.98. The second-order valence-corrected chi connectivity index (χ2v) is 7.44. The first kappa shape index (κ1) is 23.2. The zero-order valence-corrected chi connectivity index (χ0v) is 18.4. The summed E-state index contributed by atoms with van der Waals surface area (Å²) in [4.78, 5) is 35.6. The number of benzene rings is 4. The number of ether oxygens (including phenoxy) is 2. The lowest BCUT2D eigenvalue weighted by molar-refractivity contribution is -0.384. The number of nitro benzene ring substituents is 1. The Hall–Kier alpha value is -4.98. The number of rotatable bonds is 8. The highest BCUT2D eigenvalue weighted by Crippen LogP contribution is 2.25. The maximum absolute atomic E-state index is 12.8. The van der Waals surface area contributed by atoms with Gasteiger partial charge in [-0.3, -0.25) is 14.9 Å². The summed E-state index contributed by atoms with van der Waals surface area (Å²) in [5.41, 5.74) is 1.71. The SMILES string of the molecule is O=C(Nc1ccccc1C(=O)OCc1cccc(Oc2ccc([N+](=O)[O-])cc2)c1)c1ccccc1. The molecule has 0 aliphatic carbocycles. The van der Waals surface area contributed by atoms with E-state index in [0.29, 0.717) is 28.3 Å². The van der Waals surface area contributed by atoms with E-state index in [1.165, 1.54) is 24.3 Å². The van der Waals surface area contributed by atoms with Gasteiger partial charge in [-0.2, -0.15) is 0 Å². The van der Waals surface area contributed by atoms with Crippen LogP contribution in [-0.4, -0.2) is 16.8 Å². The van der Waals surface area contributed by atoms with Gasteiger partial charge >= 0.3 is 5.97 Å². The summed E-state index contributed by atoms with van der Waals surface area (Å²) < 4.78 is 11.2. The lowest BCUT2D eigenvalue weighted by atomic mass is 10.1. The number of nitrogens with one attached hydrogen (secondary N) is 1. The van der Waals surface area contributed by atoms with Crippen LogP contribution in [0.3, 0.4) is 0 Å². The van der Waals surface area contributed by atoms with E-state index in [1.54, 1.807) is 72.8 Å². The fourth-order valence-corrected chi connectivity index (χ4v) is 3.25. The predicted molar refractivity (Wildman–Crippen MR) is 130 cm³/mol. The monoisotopic (exact) mass is 468 g/mol. The summed E-state index contributed by atoms with van der Waals surface area (Å²) in [6.45, 7) is -0.0166. The lowest BCUT2D eigenvalue weighted by Crippen LogP contribution is -2.15. The van der Waals surface area contributed by atoms with E-state index in [2.05, 4.69) is 5.32 Å². The molecule has 0 atom stereocenters. The van der Waals surface area contributed by atoms with E-state index in [1.807, 2.05) is 6.07 Å². The van der Waals surface area contributed by atoms with E-state index in [4.69, 9.17) is 9.47 Å². The molecule has 0 heterocycles. The molecule has 8 heteroatoms. The van der Waals surface area contributed by atoms with E-state index < -0.39 is 10.9 Å². The topological polar surface area (TPSA) is 108 Å². The van der Waals surface area contributed by atoms with Crippen LogP contribution in [0, 0.1) is 10.1 Å². The van der Waals surface area contributed by atoms with Crippen molar-refractivity contribution in [1.29, 1.82) is 0 Å². The number of para-hydroxylation sites is 1. The zero-order valence-electron chi connectivity index (χ0n) is 18.4. The Balaban J connectivity index is 1.40. The van der Waals surface area contributed by atoms with Crippen LogP contribution in [0.5, 0.6) is 11.5 Å². The Labute approximate surface area is 200 Å². The van der Waals surface area contributed by atoms with Crippen molar-refractivity contribution in [3.05, 3.63) is 130 Å². The molecular formula is C27H20N2O6. The number of anilines is 1. The standard InChI is InChI=1S/C27H20N2O6/c30-26(20-8-2-1-3-9-20)28-25-12-5-4-11-24(25)27(31)34-18-19-7-6-10-23(17-19)35-22-15-13-21(14-16-22)29(32)33/h1-17H,18H2,(H,28,30). The van der Waals surface area contributed by atoms with Gasteiger partial charge in [0.2, 0.25) is 0 Å². The molecule has 174 valence electrons. The van der Waals surface area contributed by atoms with Gasteiger partial charge in [-0.15, -0.1) is 0 Å². The van der Waals surface area contributed by atoms with Crippen molar-refractivity contribution in [2.24, 2.45) is 0 Å². The van der Waals surface area contributed by atoms with Crippen molar-refractivity contribution in [2.75, 3.05) is 5.32 Å². The van der Waals surface area contributed by atoms with Crippen LogP contribution in [0.4, 0.5) is 11.4 Å². The van der Waals surface area contributed by atoms with Crippen molar-refractivity contribution in [1.82, 2.24) is 0 Å². The number of nitro groups is 1. The quantitative estimate of drug-likeness (QED) is 0.193. The fourth-order valence-electron chi connectivity index (χ4n) is 3.25. The molecule has 0 aromatic heterocycles. The van der Waals surface area contributed by atoms with Gasteiger partial charge in [0.05, 0.1) is 16.2 Å². The summed E-state index contributed by atoms with van der Waals surface area (Å²) >= 11 is 0. The molecule has 4 aromatic rings. The highest BCUT2D eigenvalue weighted by molar-refractivity contribution is 6.07. The molecule has 35 heavy (non-hydrogen) atoms. The molecule has 0 aliphatic rings. The van der Waals surface area contributed by atoms with Gasteiger partial charge in [0, 0.05) is 17.7 Å². The molecule has 0 saturated carbocycles. The molecule has 0 saturated heterocycles. The number of esters is 1. The Bertz CT molecular complexity index is 1350. The number of carbonyl (C=O) groups is 2. The smallest absolute Gasteiger partial charge is 0.340 e. The Kier molecular flexibility index (Phi) is 7.13. The van der Waals surface area contributed by atoms with Gasteiger partial charge in [0.1, 0.15) is 18.1 Å². The van der Waals surface area contributed by atoms with E-state index in [-0.39, 0.29) is 23.8 Å². The molecule has 1 N–H and O–H groups in total. The molecule has 0 aliphatic heterocycles. The maximum Gasteiger partial charge on any atom is 0.340 e. The minimum Gasteiger partial charge on any atom is -0.457 e. The summed E-state index contributed by atoms with van der Waals surface area (Å²) in [5, 5.41) is 13.5. The van der Waals surface area contributed by atoms with Crippen LogP contribution < -0.4 is 10.1 Å². The number of hydrogen-bond acceptors (Lipinski definition) is 6. The molecule has 0 radical (unpaired) electrons. The highest BCUT2D eigenvalue weighted by Gasteiger charge is 2.15. The predicted octanol–water partition coefficient (Wildman–Crippen LogP) is 6.00. The van der Waals surface area contributed by atoms with Crippen molar-refractivity contribution in [3.8, 4) is 11.5 Å². The third-order valence-corrected chi connectivity index (χ3v) is 4.98. The maximum atomic E-state index is 12.8. The van der Waals surface area contributed by atoms with Crippen LogP contribution >= 0.6 is 0 Å². The molecule has 4 aromatic carbocycles. The van der Waals surface area contributed by atoms with Gasteiger partial charge in [-0.1, -0.05) is 42.5 Å². The van der Waals surface area contributed by atoms with E-state index >= 15 is 0 Å². The number of hydrogen-bond donors (Lipinski definition) is 1. The lowest BCUT2D eigenvalue weighted by Gasteiger charge is -2.12. The van der Waals surface area contributed by atoms with E-state index in [0.717, 1.165) is 0 Å². The van der Waals surface area contributed by atoms with Gasteiger partial charge in [0.25, 0.3) is 11.6 Å². The molecule has 0 fully saturated rings. The van der Waals surface area contributed by atoms with E-state index in [9.17, 15) is 19.7 Å². The van der Waals surface area contributed by atoms with Crippen molar-refractivity contribution in [3.63, 3.8) is 0 Å². The zero-order chi connectivity index (χ0) is 24.6. The molecule has 0 unspecified atom stereocenters. The van der Waals surface area contributed by atoms with Gasteiger partial charge in [0.15, 0.2) is 0 Å². The van der Waals surface area contributed by atoms with Crippen LogP contribution in [-0.2, 0) is 11.3 Å². The Morgan fingerprint density at radius 1 is 0.800 bits per heavy atom. The average molecular weight is 468 g/mol. The molecule has 0 spiro atoms. The van der Waals surface area contributed by atoms with Crippen LogP contribution in [0.25, 0.3) is 0 Å². The minimum atomic E-state index is -0.587. The fraction of sp³-hybridized carbons (Fsp3) is 0.0370. The first-order chi connectivity index (χ1) is 17.0. The number of amides is 1. The van der Waals surface area contributed by atoms with Gasteiger partial charge < -0.3 is 14.8 Å². The van der Waals surface area contributed by atoms with Crippen LogP contribution in [0.15, 0.2) is 103 Å². The van der Waals surface area contributed by atoms with Crippen LogP contribution in [0.1, 0.15) is 26.3 Å².